The number of halogens is 1. The van der Waals surface area contributed by atoms with E-state index in [2.05, 4.69) is 25.9 Å². The smallest absolute Gasteiger partial charge is 0.410 e. The number of nitrogens with one attached hydrogen (secondary N) is 1. The van der Waals surface area contributed by atoms with E-state index in [-0.39, 0.29) is 12.9 Å². The molecule has 0 unspecified atom stereocenters. The minimum atomic E-state index is -0.295. The Kier molecular flexibility index (Phi) is 4.59. The number of nitrogens with two attached hydrogens (primary N) is 1. The Hall–Kier alpha value is -2.73. The van der Waals surface area contributed by atoms with Crippen LogP contribution in [0.4, 0.5) is 10.6 Å². The summed E-state index contributed by atoms with van der Waals surface area (Å²) in [6.45, 7) is 2.26. The number of benzene rings is 1. The standard InChI is InChI=1S/C17H15BrN6O4S/c18-9-5-10-11(28-8-27-10)6-12(9)29-16-21-13-14(19)20-7-24(15(13)22-16)2-1-23-3-4-26-17(23)25/h5-7H,1-4,8H2,(H2,19,21,22)/p+1. The SMILES string of the molecule is Nc1nc[n+](CCN2CCOC2=O)c2nc(Sc3cc4c(cc3Br)OCO4)[nH]c12. The number of H-pyrrole nitrogens is 1. The number of hydrogen-bond acceptors (Lipinski definition) is 8. The van der Waals surface area contributed by atoms with Crippen LogP contribution in [0.15, 0.2) is 33.0 Å². The Morgan fingerprint density at radius 1 is 1.31 bits per heavy atom. The Morgan fingerprint density at radius 3 is 2.93 bits per heavy atom. The monoisotopic (exact) mass is 479 g/mol. The third kappa shape index (κ3) is 3.42. The molecule has 1 amide bonds. The first-order chi connectivity index (χ1) is 14.1. The molecule has 0 atom stereocenters. The van der Waals surface area contributed by atoms with E-state index < -0.39 is 0 Å². The molecule has 4 heterocycles. The molecule has 0 saturated carbocycles. The van der Waals surface area contributed by atoms with Crippen LogP contribution in [-0.4, -0.2) is 52.4 Å². The molecule has 0 radical (unpaired) electrons. The number of imidazole rings is 1. The number of ether oxygens (including phenoxy) is 3. The second-order valence-electron chi connectivity index (χ2n) is 6.40. The van der Waals surface area contributed by atoms with Crippen molar-refractivity contribution in [1.82, 2.24) is 19.9 Å². The number of carbonyl (C=O) groups is 1. The van der Waals surface area contributed by atoms with Crippen LogP contribution in [-0.2, 0) is 11.3 Å². The topological polar surface area (TPSA) is 119 Å². The van der Waals surface area contributed by atoms with Crippen LogP contribution in [0.5, 0.6) is 11.5 Å². The van der Waals surface area contributed by atoms with Crippen molar-refractivity contribution in [3.05, 3.63) is 22.9 Å². The van der Waals surface area contributed by atoms with E-state index >= 15 is 0 Å². The predicted molar refractivity (Wildman–Crippen MR) is 106 cm³/mol. The number of aromatic nitrogens is 4. The maximum absolute atomic E-state index is 11.6. The Bertz CT molecular complexity index is 1120. The fourth-order valence-corrected chi connectivity index (χ4v) is 4.51. The summed E-state index contributed by atoms with van der Waals surface area (Å²) in [5, 5.41) is 0.661. The second kappa shape index (κ2) is 7.26. The highest BCUT2D eigenvalue weighted by Gasteiger charge is 2.25. The van der Waals surface area contributed by atoms with Crippen LogP contribution in [0.2, 0.25) is 0 Å². The first kappa shape index (κ1) is 18.3. The number of aromatic amines is 1. The number of hydrogen-bond donors (Lipinski definition) is 2. The molecule has 5 rings (SSSR count). The molecule has 3 aromatic rings. The van der Waals surface area contributed by atoms with E-state index in [1.807, 2.05) is 16.7 Å². The largest absolute Gasteiger partial charge is 0.454 e. The average Bonchev–Trinajstić information content (AvgIpc) is 3.42. The van der Waals surface area contributed by atoms with Gasteiger partial charge in [-0.05, 0) is 39.8 Å². The lowest BCUT2D eigenvalue weighted by Crippen LogP contribution is -2.42. The van der Waals surface area contributed by atoms with Crippen molar-refractivity contribution in [2.45, 2.75) is 16.6 Å². The zero-order valence-corrected chi connectivity index (χ0v) is 17.5. The van der Waals surface area contributed by atoms with Gasteiger partial charge in [0.05, 0.1) is 19.6 Å². The van der Waals surface area contributed by atoms with Crippen molar-refractivity contribution in [1.29, 1.82) is 0 Å². The van der Waals surface area contributed by atoms with Crippen LogP contribution in [0, 0.1) is 0 Å². The molecule has 1 aromatic carbocycles. The number of cyclic esters (lactones) is 1. The Labute approximate surface area is 177 Å². The van der Waals surface area contributed by atoms with Crippen molar-refractivity contribution in [3.8, 4) is 11.5 Å². The summed E-state index contributed by atoms with van der Waals surface area (Å²) in [4.78, 5) is 26.4. The van der Waals surface area contributed by atoms with Crippen LogP contribution in [0.3, 0.4) is 0 Å². The molecule has 2 aromatic heterocycles. The molecular weight excluding hydrogens is 464 g/mol. The number of amides is 1. The third-order valence-electron chi connectivity index (χ3n) is 4.62. The summed E-state index contributed by atoms with van der Waals surface area (Å²) < 4.78 is 18.6. The Balaban J connectivity index is 1.42. The number of carbonyl (C=O) groups excluding carboxylic acids is 1. The highest BCUT2D eigenvalue weighted by Crippen LogP contribution is 2.42. The minimum absolute atomic E-state index is 0.216. The molecule has 0 aliphatic carbocycles. The van der Waals surface area contributed by atoms with Gasteiger partial charge in [0.1, 0.15) is 6.61 Å². The maximum Gasteiger partial charge on any atom is 0.410 e. The molecular formula is C17H16BrN6O4S+. The maximum atomic E-state index is 11.6. The summed E-state index contributed by atoms with van der Waals surface area (Å²) in [6, 6.07) is 3.78. The lowest BCUT2D eigenvalue weighted by Gasteiger charge is -2.11. The lowest BCUT2D eigenvalue weighted by atomic mass is 10.3. The second-order valence-corrected chi connectivity index (χ2v) is 8.29. The molecule has 0 bridgehead atoms. The van der Waals surface area contributed by atoms with E-state index in [0.717, 1.165) is 9.37 Å². The molecule has 3 N–H and O–H groups in total. The van der Waals surface area contributed by atoms with Gasteiger partial charge in [0.2, 0.25) is 24.1 Å². The van der Waals surface area contributed by atoms with Crippen LogP contribution in [0.25, 0.3) is 11.2 Å². The van der Waals surface area contributed by atoms with Gasteiger partial charge < -0.3 is 29.8 Å². The van der Waals surface area contributed by atoms with Gasteiger partial charge in [-0.2, -0.15) is 0 Å². The summed E-state index contributed by atoms with van der Waals surface area (Å²) in [7, 11) is 0. The molecule has 2 aliphatic heterocycles. The summed E-state index contributed by atoms with van der Waals surface area (Å²) in [5.74, 6) is 1.76. The molecule has 150 valence electrons. The minimum Gasteiger partial charge on any atom is -0.454 e. The predicted octanol–water partition coefficient (Wildman–Crippen LogP) is 1.92. The number of fused-ring (bicyclic) bond motifs is 2. The average molecular weight is 480 g/mol. The van der Waals surface area contributed by atoms with Crippen LogP contribution < -0.4 is 19.8 Å². The Morgan fingerprint density at radius 2 is 2.14 bits per heavy atom. The molecule has 2 aliphatic rings. The van der Waals surface area contributed by atoms with E-state index in [0.29, 0.717) is 59.9 Å². The quantitative estimate of drug-likeness (QED) is 0.532. The van der Waals surface area contributed by atoms with Crippen molar-refractivity contribution in [2.24, 2.45) is 0 Å². The highest BCUT2D eigenvalue weighted by molar-refractivity contribution is 9.10. The third-order valence-corrected chi connectivity index (χ3v) is 6.48. The molecule has 12 heteroatoms. The molecule has 1 fully saturated rings. The van der Waals surface area contributed by atoms with Gasteiger partial charge in [0, 0.05) is 9.37 Å². The first-order valence-electron chi connectivity index (χ1n) is 8.81. The van der Waals surface area contributed by atoms with Gasteiger partial charge in [-0.25, -0.2) is 9.36 Å². The lowest BCUT2D eigenvalue weighted by molar-refractivity contribution is -0.675. The van der Waals surface area contributed by atoms with Crippen molar-refractivity contribution in [3.63, 3.8) is 0 Å². The molecule has 0 spiro atoms. The fraction of sp³-hybridized carbons (Fsp3) is 0.294. The summed E-state index contributed by atoms with van der Waals surface area (Å²) in [6.07, 6.45) is 1.33. The summed E-state index contributed by atoms with van der Waals surface area (Å²) in [5.41, 5.74) is 7.36. The zero-order chi connectivity index (χ0) is 20.0. The van der Waals surface area contributed by atoms with Crippen molar-refractivity contribution >= 4 is 50.8 Å². The van der Waals surface area contributed by atoms with Crippen LogP contribution in [0.1, 0.15) is 0 Å². The highest BCUT2D eigenvalue weighted by atomic mass is 79.9. The summed E-state index contributed by atoms with van der Waals surface area (Å²) >= 11 is 5.00. The zero-order valence-electron chi connectivity index (χ0n) is 15.1. The van der Waals surface area contributed by atoms with Gasteiger partial charge >= 0.3 is 6.09 Å². The van der Waals surface area contributed by atoms with Crippen molar-refractivity contribution in [2.75, 3.05) is 32.2 Å². The van der Waals surface area contributed by atoms with E-state index in [4.69, 9.17) is 24.9 Å². The molecule has 29 heavy (non-hydrogen) atoms. The molecule has 10 nitrogen and oxygen atoms in total. The fourth-order valence-electron chi connectivity index (χ4n) is 3.13. The number of anilines is 1. The first-order valence-corrected chi connectivity index (χ1v) is 10.4. The number of nitrogen functional groups attached to an aromatic ring is 1. The normalized spacial score (nSPS) is 15.3. The van der Waals surface area contributed by atoms with Gasteiger partial charge in [-0.1, -0.05) is 9.97 Å². The van der Waals surface area contributed by atoms with E-state index in [9.17, 15) is 4.79 Å². The van der Waals surface area contributed by atoms with Gasteiger partial charge in [0.25, 0.3) is 5.65 Å². The van der Waals surface area contributed by atoms with Crippen molar-refractivity contribution < 1.29 is 23.6 Å². The van der Waals surface area contributed by atoms with E-state index in [1.165, 1.54) is 11.8 Å². The number of nitrogens with zero attached hydrogens (tertiary/aromatic N) is 4. The van der Waals surface area contributed by atoms with E-state index in [1.54, 1.807) is 11.2 Å². The van der Waals surface area contributed by atoms with Gasteiger partial charge in [-0.15, -0.1) is 0 Å². The van der Waals surface area contributed by atoms with Crippen LogP contribution >= 0.6 is 27.7 Å². The number of rotatable bonds is 5. The van der Waals surface area contributed by atoms with Gasteiger partial charge in [-0.3, -0.25) is 0 Å². The molecule has 1 saturated heterocycles. The van der Waals surface area contributed by atoms with Gasteiger partial charge in [0.15, 0.2) is 17.0 Å².